The van der Waals surface area contributed by atoms with Crippen LogP contribution >= 0.6 is 0 Å². The number of carbonyl (C=O) groups excluding carboxylic acids is 1. The molecule has 0 fully saturated rings. The van der Waals surface area contributed by atoms with Crippen molar-refractivity contribution in [2.45, 2.75) is 4.90 Å². The number of tetrazole rings is 1. The van der Waals surface area contributed by atoms with Crippen molar-refractivity contribution in [3.05, 3.63) is 90.8 Å². The number of rotatable bonds is 6. The third-order valence-corrected chi connectivity index (χ3v) is 6.39. The average Bonchev–Trinajstić information content (AvgIpc) is 3.34. The molecule has 0 radical (unpaired) electrons. The van der Waals surface area contributed by atoms with Gasteiger partial charge in [-0.05, 0) is 65.0 Å². The smallest absolute Gasteiger partial charge is 0.264 e. The summed E-state index contributed by atoms with van der Waals surface area (Å²) >= 11 is 0. The zero-order valence-electron chi connectivity index (χ0n) is 16.5. The molecular formula is C21H18N6O3S. The summed E-state index contributed by atoms with van der Waals surface area (Å²) in [6, 6.07) is 21.6. The quantitative estimate of drug-likeness (QED) is 0.500. The number of benzene rings is 3. The van der Waals surface area contributed by atoms with E-state index < -0.39 is 10.0 Å². The molecule has 10 heteroatoms. The van der Waals surface area contributed by atoms with Crippen LogP contribution < -0.4 is 9.62 Å². The van der Waals surface area contributed by atoms with Gasteiger partial charge in [0.25, 0.3) is 15.9 Å². The minimum Gasteiger partial charge on any atom is -0.322 e. The largest absolute Gasteiger partial charge is 0.322 e. The number of hydrogen-bond acceptors (Lipinski definition) is 6. The van der Waals surface area contributed by atoms with E-state index in [9.17, 15) is 13.2 Å². The summed E-state index contributed by atoms with van der Waals surface area (Å²) in [5, 5.41) is 13.7. The van der Waals surface area contributed by atoms with Crippen LogP contribution in [-0.2, 0) is 10.0 Å². The Balaban J connectivity index is 1.52. The predicted octanol–water partition coefficient (Wildman–Crippen LogP) is 2.74. The molecule has 156 valence electrons. The first kappa shape index (κ1) is 20.2. The fourth-order valence-corrected chi connectivity index (χ4v) is 4.16. The second-order valence-corrected chi connectivity index (χ2v) is 8.56. The molecule has 0 spiro atoms. The van der Waals surface area contributed by atoms with Gasteiger partial charge in [0.05, 0.1) is 16.3 Å². The third kappa shape index (κ3) is 4.28. The van der Waals surface area contributed by atoms with Crippen LogP contribution in [0.2, 0.25) is 0 Å². The number of nitrogens with one attached hydrogen (secondary N) is 1. The highest BCUT2D eigenvalue weighted by Gasteiger charge is 2.21. The highest BCUT2D eigenvalue weighted by Crippen LogP contribution is 2.24. The van der Waals surface area contributed by atoms with Crippen molar-refractivity contribution in [2.24, 2.45) is 0 Å². The number of anilines is 2. The maximum absolute atomic E-state index is 13.0. The second-order valence-electron chi connectivity index (χ2n) is 6.59. The van der Waals surface area contributed by atoms with E-state index in [0.29, 0.717) is 22.6 Å². The van der Waals surface area contributed by atoms with E-state index in [4.69, 9.17) is 0 Å². The van der Waals surface area contributed by atoms with E-state index in [1.165, 1.54) is 34.5 Å². The lowest BCUT2D eigenvalue weighted by Crippen LogP contribution is -2.26. The maximum atomic E-state index is 13.0. The molecule has 1 heterocycles. The Morgan fingerprint density at radius 3 is 2.39 bits per heavy atom. The molecule has 1 amide bonds. The molecular weight excluding hydrogens is 416 g/mol. The lowest BCUT2D eigenvalue weighted by molar-refractivity contribution is 0.102. The number of sulfonamides is 1. The number of nitrogens with zero attached hydrogens (tertiary/aromatic N) is 5. The summed E-state index contributed by atoms with van der Waals surface area (Å²) in [6.45, 7) is 0. The van der Waals surface area contributed by atoms with Crippen LogP contribution in [0.3, 0.4) is 0 Å². The van der Waals surface area contributed by atoms with E-state index >= 15 is 0 Å². The normalized spacial score (nSPS) is 11.1. The van der Waals surface area contributed by atoms with Crippen molar-refractivity contribution in [3.63, 3.8) is 0 Å². The monoisotopic (exact) mass is 434 g/mol. The zero-order valence-corrected chi connectivity index (χ0v) is 17.3. The third-order valence-electron chi connectivity index (χ3n) is 4.61. The molecule has 0 unspecified atom stereocenters. The molecule has 0 saturated carbocycles. The van der Waals surface area contributed by atoms with Gasteiger partial charge in [0, 0.05) is 18.3 Å². The Bertz CT molecular complexity index is 1290. The van der Waals surface area contributed by atoms with E-state index in [1.807, 2.05) is 6.07 Å². The van der Waals surface area contributed by atoms with Crippen molar-refractivity contribution >= 4 is 27.3 Å². The van der Waals surface area contributed by atoms with Gasteiger partial charge in [0.1, 0.15) is 6.33 Å². The Morgan fingerprint density at radius 1 is 0.968 bits per heavy atom. The second kappa shape index (κ2) is 8.36. The van der Waals surface area contributed by atoms with Gasteiger partial charge in [-0.3, -0.25) is 9.10 Å². The molecule has 1 N–H and O–H groups in total. The summed E-state index contributed by atoms with van der Waals surface area (Å²) in [6.07, 6.45) is 1.45. The highest BCUT2D eigenvalue weighted by atomic mass is 32.2. The molecule has 9 nitrogen and oxygen atoms in total. The summed E-state index contributed by atoms with van der Waals surface area (Å²) in [4.78, 5) is 12.7. The molecule has 3 aromatic carbocycles. The van der Waals surface area contributed by atoms with E-state index in [0.717, 1.165) is 0 Å². The Hall–Kier alpha value is -4.05. The van der Waals surface area contributed by atoms with Crippen LogP contribution in [0.15, 0.2) is 90.1 Å². The van der Waals surface area contributed by atoms with Crippen LogP contribution in [0.1, 0.15) is 10.4 Å². The standard InChI is InChI=1S/C21H18N6O3S/c1-26(18-7-3-2-4-8-18)31(29,30)20-9-5-6-17(14-20)23-21(28)16-10-12-19(13-11-16)27-15-22-24-25-27/h2-15H,1H3,(H,23,28). The van der Waals surface area contributed by atoms with E-state index in [-0.39, 0.29) is 10.8 Å². The van der Waals surface area contributed by atoms with Crippen LogP contribution in [0.25, 0.3) is 5.69 Å². The molecule has 0 bridgehead atoms. The summed E-state index contributed by atoms with van der Waals surface area (Å²) in [5.74, 6) is -0.366. The van der Waals surface area contributed by atoms with Gasteiger partial charge >= 0.3 is 0 Å². The number of carbonyl (C=O) groups is 1. The summed E-state index contributed by atoms with van der Waals surface area (Å²) < 4.78 is 28.6. The van der Waals surface area contributed by atoms with Gasteiger partial charge in [-0.15, -0.1) is 5.10 Å². The Labute approximate surface area is 179 Å². The molecule has 0 aliphatic heterocycles. The molecule has 0 atom stereocenters. The topological polar surface area (TPSA) is 110 Å². The minimum atomic E-state index is -3.79. The first-order valence-electron chi connectivity index (χ1n) is 9.24. The number of hydrogen-bond donors (Lipinski definition) is 1. The van der Waals surface area contributed by atoms with Crippen molar-refractivity contribution < 1.29 is 13.2 Å². The molecule has 1 aromatic heterocycles. The van der Waals surface area contributed by atoms with Crippen LogP contribution in [0, 0.1) is 0 Å². The molecule has 4 aromatic rings. The van der Waals surface area contributed by atoms with Crippen molar-refractivity contribution in [1.29, 1.82) is 0 Å². The highest BCUT2D eigenvalue weighted by molar-refractivity contribution is 7.92. The predicted molar refractivity (Wildman–Crippen MR) is 116 cm³/mol. The first-order chi connectivity index (χ1) is 14.9. The molecule has 0 saturated heterocycles. The van der Waals surface area contributed by atoms with E-state index in [1.54, 1.807) is 60.7 Å². The van der Waals surface area contributed by atoms with E-state index in [2.05, 4.69) is 20.8 Å². The zero-order chi connectivity index (χ0) is 21.8. The average molecular weight is 434 g/mol. The van der Waals surface area contributed by atoms with Gasteiger partial charge in [0.2, 0.25) is 0 Å². The minimum absolute atomic E-state index is 0.0747. The Morgan fingerprint density at radius 2 is 1.71 bits per heavy atom. The molecule has 31 heavy (non-hydrogen) atoms. The molecule has 0 aliphatic rings. The molecule has 4 rings (SSSR count). The molecule has 0 aliphatic carbocycles. The number of para-hydroxylation sites is 1. The lowest BCUT2D eigenvalue weighted by Gasteiger charge is -2.19. The van der Waals surface area contributed by atoms with Crippen molar-refractivity contribution in [3.8, 4) is 5.69 Å². The summed E-state index contributed by atoms with van der Waals surface area (Å²) in [7, 11) is -2.30. The fraction of sp³-hybridized carbons (Fsp3) is 0.0476. The lowest BCUT2D eigenvalue weighted by atomic mass is 10.2. The van der Waals surface area contributed by atoms with Crippen LogP contribution in [0.4, 0.5) is 11.4 Å². The SMILES string of the molecule is CN(c1ccccc1)S(=O)(=O)c1cccc(NC(=O)c2ccc(-n3cnnn3)cc2)c1. The van der Waals surface area contributed by atoms with Crippen LogP contribution in [-0.4, -0.2) is 41.6 Å². The van der Waals surface area contributed by atoms with Crippen molar-refractivity contribution in [1.82, 2.24) is 20.2 Å². The first-order valence-corrected chi connectivity index (χ1v) is 10.7. The number of aromatic nitrogens is 4. The van der Waals surface area contributed by atoms with Gasteiger partial charge in [-0.2, -0.15) is 0 Å². The van der Waals surface area contributed by atoms with Crippen LogP contribution in [0.5, 0.6) is 0 Å². The maximum Gasteiger partial charge on any atom is 0.264 e. The van der Waals surface area contributed by atoms with Gasteiger partial charge in [0.15, 0.2) is 0 Å². The van der Waals surface area contributed by atoms with Crippen molar-refractivity contribution in [2.75, 3.05) is 16.7 Å². The number of amides is 1. The van der Waals surface area contributed by atoms with Gasteiger partial charge < -0.3 is 5.32 Å². The fourth-order valence-electron chi connectivity index (χ4n) is 2.92. The summed E-state index contributed by atoms with van der Waals surface area (Å²) in [5.41, 5.74) is 2.03. The van der Waals surface area contributed by atoms with Gasteiger partial charge in [-0.25, -0.2) is 13.1 Å². The Kier molecular flexibility index (Phi) is 5.46. The van der Waals surface area contributed by atoms with Gasteiger partial charge in [-0.1, -0.05) is 24.3 Å².